The Bertz CT molecular complexity index is 660. The summed E-state index contributed by atoms with van der Waals surface area (Å²) in [4.78, 5) is 38.0. The topological polar surface area (TPSA) is 72.9 Å². The van der Waals surface area contributed by atoms with E-state index in [1.807, 2.05) is 6.07 Å². The average molecular weight is 398 g/mol. The standard InChI is InChI=1S/C17H20BrNO5/c1-4-24-17(22)15(20)19-13(10(2)16(21)23-3)7-5-11-9-12(18)6-8-14(11)19/h6,8-10,13H,4-5,7H2,1-3H3. The van der Waals surface area contributed by atoms with E-state index in [0.717, 1.165) is 10.0 Å². The number of hydrogen-bond acceptors (Lipinski definition) is 5. The van der Waals surface area contributed by atoms with E-state index in [4.69, 9.17) is 9.47 Å². The van der Waals surface area contributed by atoms with Gasteiger partial charge in [-0.1, -0.05) is 15.9 Å². The summed E-state index contributed by atoms with van der Waals surface area (Å²) in [7, 11) is 1.31. The Hall–Kier alpha value is -1.89. The number of amides is 1. The van der Waals surface area contributed by atoms with E-state index in [1.54, 1.807) is 26.0 Å². The van der Waals surface area contributed by atoms with E-state index in [9.17, 15) is 14.4 Å². The first-order valence-corrected chi connectivity index (χ1v) is 8.56. The Balaban J connectivity index is 2.45. The van der Waals surface area contributed by atoms with Gasteiger partial charge in [-0.05, 0) is 50.5 Å². The zero-order chi connectivity index (χ0) is 17.9. The Morgan fingerprint density at radius 2 is 2.08 bits per heavy atom. The van der Waals surface area contributed by atoms with Crippen LogP contribution in [-0.4, -0.2) is 37.6 Å². The van der Waals surface area contributed by atoms with Crippen molar-refractivity contribution in [3.63, 3.8) is 0 Å². The Morgan fingerprint density at radius 1 is 1.38 bits per heavy atom. The second-order valence-corrected chi connectivity index (χ2v) is 6.50. The first-order valence-electron chi connectivity index (χ1n) is 7.77. The molecule has 2 atom stereocenters. The van der Waals surface area contributed by atoms with E-state index >= 15 is 0 Å². The van der Waals surface area contributed by atoms with Crippen LogP contribution in [0.3, 0.4) is 0 Å². The molecule has 1 amide bonds. The number of carbonyl (C=O) groups is 3. The highest BCUT2D eigenvalue weighted by Gasteiger charge is 2.40. The monoisotopic (exact) mass is 397 g/mol. The fourth-order valence-corrected chi connectivity index (χ4v) is 3.38. The maximum atomic E-state index is 12.6. The zero-order valence-corrected chi connectivity index (χ0v) is 15.5. The Morgan fingerprint density at radius 3 is 2.71 bits per heavy atom. The quantitative estimate of drug-likeness (QED) is 0.578. The van der Waals surface area contributed by atoms with Gasteiger partial charge < -0.3 is 9.47 Å². The van der Waals surface area contributed by atoms with Crippen LogP contribution in [0, 0.1) is 5.92 Å². The Kier molecular flexibility index (Phi) is 5.99. The number of carbonyl (C=O) groups excluding carboxylic acids is 3. The SMILES string of the molecule is CCOC(=O)C(=O)N1c2ccc(Br)cc2CCC1C(C)C(=O)OC. The number of fused-ring (bicyclic) bond motifs is 1. The van der Waals surface area contributed by atoms with Gasteiger partial charge in [0.2, 0.25) is 0 Å². The minimum atomic E-state index is -0.921. The third-order valence-corrected chi connectivity index (χ3v) is 4.65. The van der Waals surface area contributed by atoms with Crippen molar-refractivity contribution in [3.05, 3.63) is 28.2 Å². The van der Waals surface area contributed by atoms with Crippen molar-refractivity contribution in [1.29, 1.82) is 0 Å². The largest absolute Gasteiger partial charge is 0.469 e. The molecule has 130 valence electrons. The number of esters is 2. The number of aryl methyl sites for hydroxylation is 1. The third kappa shape index (κ3) is 3.61. The molecule has 0 N–H and O–H groups in total. The van der Waals surface area contributed by atoms with Crippen LogP contribution >= 0.6 is 15.9 Å². The van der Waals surface area contributed by atoms with Gasteiger partial charge in [0.25, 0.3) is 0 Å². The summed E-state index contributed by atoms with van der Waals surface area (Å²) in [5.41, 5.74) is 1.57. The highest BCUT2D eigenvalue weighted by atomic mass is 79.9. The lowest BCUT2D eigenvalue weighted by molar-refractivity contribution is -0.154. The fourth-order valence-electron chi connectivity index (χ4n) is 2.97. The average Bonchev–Trinajstić information content (AvgIpc) is 2.58. The maximum absolute atomic E-state index is 12.6. The fraction of sp³-hybridized carbons (Fsp3) is 0.471. The van der Waals surface area contributed by atoms with Crippen molar-refractivity contribution in [2.75, 3.05) is 18.6 Å². The van der Waals surface area contributed by atoms with Crippen molar-refractivity contribution >= 4 is 39.5 Å². The van der Waals surface area contributed by atoms with Crippen molar-refractivity contribution in [1.82, 2.24) is 0 Å². The molecule has 1 aliphatic rings. The summed E-state index contributed by atoms with van der Waals surface area (Å²) in [6.45, 7) is 3.45. The molecule has 2 unspecified atom stereocenters. The molecule has 0 aromatic heterocycles. The molecule has 0 bridgehead atoms. The van der Waals surface area contributed by atoms with Gasteiger partial charge in [-0.25, -0.2) is 4.79 Å². The summed E-state index contributed by atoms with van der Waals surface area (Å²) in [5, 5.41) is 0. The lowest BCUT2D eigenvalue weighted by Gasteiger charge is -2.38. The van der Waals surface area contributed by atoms with E-state index in [1.165, 1.54) is 12.0 Å². The van der Waals surface area contributed by atoms with Crippen LogP contribution in [0.15, 0.2) is 22.7 Å². The molecule has 7 heteroatoms. The number of halogens is 1. The van der Waals surface area contributed by atoms with Gasteiger partial charge in [0.1, 0.15) is 0 Å². The van der Waals surface area contributed by atoms with E-state index < -0.39 is 29.8 Å². The molecule has 24 heavy (non-hydrogen) atoms. The molecule has 0 spiro atoms. The molecule has 0 aliphatic carbocycles. The van der Waals surface area contributed by atoms with Crippen molar-refractivity contribution in [2.24, 2.45) is 5.92 Å². The number of anilines is 1. The smallest absolute Gasteiger partial charge is 0.397 e. The molecular formula is C17H20BrNO5. The molecule has 1 aromatic carbocycles. The second-order valence-electron chi connectivity index (χ2n) is 5.59. The Labute approximate surface area is 149 Å². The van der Waals surface area contributed by atoms with Gasteiger partial charge in [0.05, 0.1) is 25.7 Å². The van der Waals surface area contributed by atoms with Crippen LogP contribution in [0.1, 0.15) is 25.8 Å². The predicted molar refractivity (Wildman–Crippen MR) is 91.6 cm³/mol. The molecule has 0 saturated heterocycles. The molecule has 1 aliphatic heterocycles. The molecule has 0 radical (unpaired) electrons. The lowest BCUT2D eigenvalue weighted by atomic mass is 9.88. The second kappa shape index (κ2) is 7.79. The molecule has 2 rings (SSSR count). The number of ether oxygens (including phenoxy) is 2. The first-order chi connectivity index (χ1) is 11.4. The van der Waals surface area contributed by atoms with Crippen LogP contribution < -0.4 is 4.90 Å². The van der Waals surface area contributed by atoms with Gasteiger partial charge in [-0.15, -0.1) is 0 Å². The van der Waals surface area contributed by atoms with Crippen molar-refractivity contribution < 1.29 is 23.9 Å². The number of benzene rings is 1. The number of methoxy groups -OCH3 is 1. The molecule has 0 fully saturated rings. The number of hydrogen-bond donors (Lipinski definition) is 0. The van der Waals surface area contributed by atoms with Gasteiger partial charge in [-0.3, -0.25) is 14.5 Å². The summed E-state index contributed by atoms with van der Waals surface area (Å²) in [6.07, 6.45) is 1.26. The van der Waals surface area contributed by atoms with Crippen LogP contribution in [0.5, 0.6) is 0 Å². The van der Waals surface area contributed by atoms with E-state index in [-0.39, 0.29) is 6.61 Å². The van der Waals surface area contributed by atoms with Crippen molar-refractivity contribution in [3.8, 4) is 0 Å². The highest BCUT2D eigenvalue weighted by molar-refractivity contribution is 9.10. The normalized spacial score (nSPS) is 17.7. The first kappa shape index (κ1) is 18.4. The van der Waals surface area contributed by atoms with Gasteiger partial charge in [-0.2, -0.15) is 0 Å². The molecule has 0 saturated carbocycles. The van der Waals surface area contributed by atoms with Crippen LogP contribution in [0.4, 0.5) is 5.69 Å². The summed E-state index contributed by atoms with van der Waals surface area (Å²) in [6, 6.07) is 5.03. The van der Waals surface area contributed by atoms with Gasteiger partial charge in [0, 0.05) is 10.2 Å². The van der Waals surface area contributed by atoms with Crippen molar-refractivity contribution in [2.45, 2.75) is 32.7 Å². The van der Waals surface area contributed by atoms with Gasteiger partial charge >= 0.3 is 17.8 Å². The van der Waals surface area contributed by atoms with E-state index in [2.05, 4.69) is 15.9 Å². The zero-order valence-electron chi connectivity index (χ0n) is 13.9. The lowest BCUT2D eigenvalue weighted by Crippen LogP contribution is -2.51. The molecular weight excluding hydrogens is 378 g/mol. The van der Waals surface area contributed by atoms with E-state index in [0.29, 0.717) is 18.5 Å². The molecule has 1 heterocycles. The molecule has 1 aromatic rings. The number of nitrogens with zero attached hydrogens (tertiary/aromatic N) is 1. The summed E-state index contributed by atoms with van der Waals surface area (Å²) >= 11 is 3.41. The van der Waals surface area contributed by atoms with Crippen LogP contribution in [0.2, 0.25) is 0 Å². The highest BCUT2D eigenvalue weighted by Crippen LogP contribution is 2.35. The minimum Gasteiger partial charge on any atom is -0.469 e. The number of rotatable bonds is 3. The van der Waals surface area contributed by atoms with Crippen LogP contribution in [0.25, 0.3) is 0 Å². The van der Waals surface area contributed by atoms with Gasteiger partial charge in [0.15, 0.2) is 0 Å². The third-order valence-electron chi connectivity index (χ3n) is 4.16. The van der Waals surface area contributed by atoms with Crippen LogP contribution in [-0.2, 0) is 30.3 Å². The molecule has 6 nitrogen and oxygen atoms in total. The summed E-state index contributed by atoms with van der Waals surface area (Å²) in [5.74, 6) is -2.65. The predicted octanol–water partition coefficient (Wildman–Crippen LogP) is 2.47. The summed E-state index contributed by atoms with van der Waals surface area (Å²) < 4.78 is 10.6. The minimum absolute atomic E-state index is 0.114. The maximum Gasteiger partial charge on any atom is 0.397 e.